The minimum atomic E-state index is -1.42. The smallest absolute Gasteiger partial charge is 0.346 e. The number of aliphatic carboxylic acids is 1. The van der Waals surface area contributed by atoms with Gasteiger partial charge >= 0.3 is 5.97 Å². The van der Waals surface area contributed by atoms with Crippen LogP contribution in [0.3, 0.4) is 0 Å². The number of benzene rings is 1. The maximum Gasteiger partial charge on any atom is 0.346 e. The molecule has 1 heterocycles. The van der Waals surface area contributed by atoms with Crippen LogP contribution in [0, 0.1) is 34.3 Å². The predicted octanol–water partition coefficient (Wildman–Crippen LogP) is 2.73. The lowest BCUT2D eigenvalue weighted by molar-refractivity contribution is -0.132. The third-order valence-electron chi connectivity index (χ3n) is 3.09. The summed E-state index contributed by atoms with van der Waals surface area (Å²) in [5.74, 6) is -3.52. The van der Waals surface area contributed by atoms with Crippen molar-refractivity contribution in [2.24, 2.45) is 0 Å². The van der Waals surface area contributed by atoms with Crippen molar-refractivity contribution in [1.29, 1.82) is 10.5 Å². The molecule has 24 heavy (non-hydrogen) atoms. The van der Waals surface area contributed by atoms with E-state index < -0.39 is 23.2 Å². The highest BCUT2D eigenvalue weighted by Gasteiger charge is 2.15. The van der Waals surface area contributed by atoms with Crippen LogP contribution in [0.2, 0.25) is 0 Å². The lowest BCUT2D eigenvalue weighted by Crippen LogP contribution is -1.97. The number of carboxylic acid groups (broad SMARTS) is 1. The second-order valence-corrected chi connectivity index (χ2v) is 4.71. The highest BCUT2D eigenvalue weighted by molar-refractivity contribution is 5.97. The predicted molar refractivity (Wildman–Crippen MR) is 79.0 cm³/mol. The van der Waals surface area contributed by atoms with Gasteiger partial charge < -0.3 is 5.11 Å². The lowest BCUT2D eigenvalue weighted by atomic mass is 10.1. The number of nitrogens with zero attached hydrogens (tertiary/aromatic N) is 4. The quantitative estimate of drug-likeness (QED) is 0.671. The summed E-state index contributed by atoms with van der Waals surface area (Å²) in [5, 5.41) is 30.6. The zero-order chi connectivity index (χ0) is 17.7. The van der Waals surface area contributed by atoms with Gasteiger partial charge in [0.05, 0.1) is 24.7 Å². The number of hydrogen-bond acceptors (Lipinski definition) is 4. The van der Waals surface area contributed by atoms with E-state index >= 15 is 0 Å². The lowest BCUT2D eigenvalue weighted by Gasteiger charge is -2.01. The molecule has 120 valence electrons. The summed E-state index contributed by atoms with van der Waals surface area (Å²) in [4.78, 5) is 11.0. The van der Waals surface area contributed by atoms with Crippen molar-refractivity contribution < 1.29 is 18.7 Å². The second-order valence-electron chi connectivity index (χ2n) is 4.71. The van der Waals surface area contributed by atoms with Crippen molar-refractivity contribution in [3.8, 4) is 23.4 Å². The van der Waals surface area contributed by atoms with E-state index in [4.69, 9.17) is 15.6 Å². The van der Waals surface area contributed by atoms with Crippen LogP contribution in [0.5, 0.6) is 0 Å². The zero-order valence-corrected chi connectivity index (χ0v) is 12.2. The molecule has 1 N–H and O–H groups in total. The topological polar surface area (TPSA) is 103 Å². The van der Waals surface area contributed by atoms with Gasteiger partial charge in [0.15, 0.2) is 11.6 Å². The van der Waals surface area contributed by atoms with Gasteiger partial charge in [-0.15, -0.1) is 0 Å². The zero-order valence-electron chi connectivity index (χ0n) is 12.2. The highest BCUT2D eigenvalue weighted by atomic mass is 19.2. The fraction of sp³-hybridized carbons (Fsp3) is 0.125. The second kappa shape index (κ2) is 7.16. The van der Waals surface area contributed by atoms with Crippen LogP contribution in [0.25, 0.3) is 17.3 Å². The standard InChI is InChI=1S/C16H10F2N4O2/c17-13-3-2-10(7-14(13)18)15-12(6-11(8-20)16(23)24)9-22(21-15)5-1-4-19/h2-3,6-7,9H,1,5H2,(H,23,24)/b11-6-. The van der Waals surface area contributed by atoms with E-state index in [1.165, 1.54) is 23.0 Å². The number of rotatable bonds is 5. The Morgan fingerprint density at radius 3 is 2.67 bits per heavy atom. The molecule has 0 atom stereocenters. The van der Waals surface area contributed by atoms with E-state index in [9.17, 15) is 13.6 Å². The first-order valence-electron chi connectivity index (χ1n) is 6.71. The minimum Gasteiger partial charge on any atom is -0.477 e. The van der Waals surface area contributed by atoms with Gasteiger partial charge in [0.1, 0.15) is 11.6 Å². The van der Waals surface area contributed by atoms with E-state index in [1.807, 2.05) is 6.07 Å². The van der Waals surface area contributed by atoms with Crippen molar-refractivity contribution in [3.05, 3.63) is 47.2 Å². The SMILES string of the molecule is N#CCCn1cc(/C=C(/C#N)C(=O)O)c(-c2ccc(F)c(F)c2)n1. The first-order chi connectivity index (χ1) is 11.5. The molecule has 0 bridgehead atoms. The summed E-state index contributed by atoms with van der Waals surface area (Å²) in [6.07, 6.45) is 2.69. The first kappa shape index (κ1) is 16.8. The van der Waals surface area contributed by atoms with Gasteiger partial charge in [-0.05, 0) is 24.3 Å². The van der Waals surface area contributed by atoms with Gasteiger partial charge in [-0.1, -0.05) is 0 Å². The molecule has 0 saturated carbocycles. The van der Waals surface area contributed by atoms with Crippen LogP contribution in [-0.4, -0.2) is 20.9 Å². The molecule has 0 aliphatic heterocycles. The van der Waals surface area contributed by atoms with Gasteiger partial charge in [0, 0.05) is 17.3 Å². The average Bonchev–Trinajstić information content (AvgIpc) is 2.95. The molecule has 2 rings (SSSR count). The van der Waals surface area contributed by atoms with E-state index in [1.54, 1.807) is 0 Å². The Morgan fingerprint density at radius 1 is 1.33 bits per heavy atom. The highest BCUT2D eigenvalue weighted by Crippen LogP contribution is 2.26. The van der Waals surface area contributed by atoms with Gasteiger partial charge in [0.2, 0.25) is 0 Å². The summed E-state index contributed by atoms with van der Waals surface area (Å²) in [5.41, 5.74) is 0.121. The molecular weight excluding hydrogens is 318 g/mol. The molecule has 0 unspecified atom stereocenters. The molecule has 2 aromatic rings. The maximum atomic E-state index is 13.4. The maximum absolute atomic E-state index is 13.4. The largest absolute Gasteiger partial charge is 0.477 e. The fourth-order valence-corrected chi connectivity index (χ4v) is 1.99. The molecule has 1 aromatic carbocycles. The fourth-order valence-electron chi connectivity index (χ4n) is 1.99. The summed E-state index contributed by atoms with van der Waals surface area (Å²) < 4.78 is 27.9. The Labute approximate surface area is 135 Å². The van der Waals surface area contributed by atoms with Crippen LogP contribution in [0.1, 0.15) is 12.0 Å². The van der Waals surface area contributed by atoms with Gasteiger partial charge in [-0.3, -0.25) is 4.68 Å². The average molecular weight is 328 g/mol. The molecule has 0 fully saturated rings. The van der Waals surface area contributed by atoms with Crippen molar-refractivity contribution in [3.63, 3.8) is 0 Å². The Kier molecular flexibility index (Phi) is 5.03. The number of hydrogen-bond donors (Lipinski definition) is 1. The molecule has 0 spiro atoms. The molecule has 0 aliphatic rings. The van der Waals surface area contributed by atoms with Crippen LogP contribution >= 0.6 is 0 Å². The van der Waals surface area contributed by atoms with E-state index in [2.05, 4.69) is 5.10 Å². The van der Waals surface area contributed by atoms with Gasteiger partial charge in [-0.25, -0.2) is 13.6 Å². The van der Waals surface area contributed by atoms with Crippen LogP contribution < -0.4 is 0 Å². The molecule has 0 amide bonds. The molecule has 6 nitrogen and oxygen atoms in total. The minimum absolute atomic E-state index is 0.159. The number of halogens is 2. The monoisotopic (exact) mass is 328 g/mol. The molecular formula is C16H10F2N4O2. The molecule has 0 radical (unpaired) electrons. The van der Waals surface area contributed by atoms with Crippen LogP contribution in [-0.2, 0) is 11.3 Å². The third kappa shape index (κ3) is 3.62. The number of aryl methyl sites for hydroxylation is 1. The van der Waals surface area contributed by atoms with Gasteiger partial charge in [-0.2, -0.15) is 15.6 Å². The van der Waals surface area contributed by atoms with Crippen molar-refractivity contribution in [1.82, 2.24) is 9.78 Å². The summed E-state index contributed by atoms with van der Waals surface area (Å²) in [6.45, 7) is 0.232. The Morgan fingerprint density at radius 2 is 2.08 bits per heavy atom. The normalized spacial score (nSPS) is 10.9. The van der Waals surface area contributed by atoms with E-state index in [0.717, 1.165) is 18.2 Å². The van der Waals surface area contributed by atoms with Gasteiger partial charge in [0.25, 0.3) is 0 Å². The van der Waals surface area contributed by atoms with E-state index in [-0.39, 0.29) is 29.8 Å². The number of carboxylic acids is 1. The van der Waals surface area contributed by atoms with Crippen LogP contribution in [0.4, 0.5) is 8.78 Å². The first-order valence-corrected chi connectivity index (χ1v) is 6.71. The Bertz CT molecular complexity index is 904. The molecule has 1 aromatic heterocycles. The summed E-state index contributed by atoms with van der Waals surface area (Å²) in [7, 11) is 0. The van der Waals surface area contributed by atoms with Crippen molar-refractivity contribution in [2.75, 3.05) is 0 Å². The molecule has 0 saturated heterocycles. The van der Waals surface area contributed by atoms with Crippen molar-refractivity contribution >= 4 is 12.0 Å². The van der Waals surface area contributed by atoms with Crippen molar-refractivity contribution in [2.45, 2.75) is 13.0 Å². The third-order valence-corrected chi connectivity index (χ3v) is 3.09. The Balaban J connectivity index is 2.58. The van der Waals surface area contributed by atoms with E-state index in [0.29, 0.717) is 0 Å². The number of aromatic nitrogens is 2. The molecule has 0 aliphatic carbocycles. The number of carbonyl (C=O) groups is 1. The summed E-state index contributed by atoms with van der Waals surface area (Å²) in [6, 6.07) is 6.62. The Hall–Kier alpha value is -3.52. The van der Waals surface area contributed by atoms with Crippen LogP contribution in [0.15, 0.2) is 30.0 Å². The number of nitriles is 2. The molecule has 8 heteroatoms. The summed E-state index contributed by atoms with van der Waals surface area (Å²) >= 11 is 0.